The third-order valence-corrected chi connectivity index (χ3v) is 5.64. The molecule has 0 bridgehead atoms. The molecule has 2 aromatic carbocycles. The van der Waals surface area contributed by atoms with Crippen molar-refractivity contribution in [2.24, 2.45) is 0 Å². The van der Waals surface area contributed by atoms with Crippen molar-refractivity contribution in [2.75, 3.05) is 6.54 Å². The largest absolute Gasteiger partial charge is 0.331 e. The molecule has 0 aliphatic rings. The van der Waals surface area contributed by atoms with Gasteiger partial charge in [0.1, 0.15) is 0 Å². The molecule has 1 heterocycles. The predicted molar refractivity (Wildman–Crippen MR) is 95.5 cm³/mol. The van der Waals surface area contributed by atoms with Gasteiger partial charge in [-0.25, -0.2) is 18.1 Å². The average Bonchev–Trinajstić information content (AvgIpc) is 2.97. The Morgan fingerprint density at radius 3 is 2.67 bits per heavy atom. The quantitative estimate of drug-likeness (QED) is 0.700. The van der Waals surface area contributed by atoms with Crippen molar-refractivity contribution < 1.29 is 8.42 Å². The highest BCUT2D eigenvalue weighted by molar-refractivity contribution is 7.89. The summed E-state index contributed by atoms with van der Waals surface area (Å²) in [4.78, 5) is 4.65. The molecule has 0 unspecified atom stereocenters. The molecule has 126 valence electrons. The molecule has 0 radical (unpaired) electrons. The van der Waals surface area contributed by atoms with Crippen molar-refractivity contribution >= 4 is 21.1 Å². The summed E-state index contributed by atoms with van der Waals surface area (Å²) in [5.74, 6) is 0. The number of nitrogens with one attached hydrogen (secondary N) is 1. The molecule has 5 nitrogen and oxygen atoms in total. The van der Waals surface area contributed by atoms with Gasteiger partial charge < -0.3 is 4.57 Å². The first-order valence-corrected chi connectivity index (χ1v) is 9.42. The van der Waals surface area contributed by atoms with Crippen LogP contribution in [0.4, 0.5) is 0 Å². The van der Waals surface area contributed by atoms with E-state index in [0.717, 1.165) is 28.7 Å². The molecule has 1 aromatic heterocycles. The number of para-hydroxylation sites is 2. The molecule has 0 aliphatic heterocycles. The predicted octanol–water partition coefficient (Wildman–Crippen LogP) is 3.02. The Kier molecular flexibility index (Phi) is 4.69. The molecule has 0 saturated heterocycles. The van der Waals surface area contributed by atoms with E-state index in [1.165, 1.54) is 0 Å². The zero-order valence-corrected chi connectivity index (χ0v) is 14.7. The Labute approximate surface area is 142 Å². The Bertz CT molecular complexity index is 961. The van der Waals surface area contributed by atoms with Crippen molar-refractivity contribution in [3.63, 3.8) is 0 Å². The Balaban J connectivity index is 1.60. The smallest absolute Gasteiger partial charge is 0.240 e. The highest BCUT2D eigenvalue weighted by atomic mass is 32.2. The number of hydrogen-bond donors (Lipinski definition) is 1. The second-order valence-electron chi connectivity index (χ2n) is 5.92. The first-order valence-electron chi connectivity index (χ1n) is 7.94. The number of aryl methyl sites for hydroxylation is 3. The summed E-state index contributed by atoms with van der Waals surface area (Å²) < 4.78 is 29.4. The van der Waals surface area contributed by atoms with Crippen LogP contribution in [0.2, 0.25) is 0 Å². The van der Waals surface area contributed by atoms with Crippen LogP contribution in [0.15, 0.2) is 53.7 Å². The number of rotatable bonds is 6. The second kappa shape index (κ2) is 6.75. The summed E-state index contributed by atoms with van der Waals surface area (Å²) in [5, 5.41) is 0. The van der Waals surface area contributed by atoms with Gasteiger partial charge in [-0.3, -0.25) is 0 Å². The minimum absolute atomic E-state index is 0.318. The third kappa shape index (κ3) is 3.49. The molecule has 3 rings (SSSR count). The molecular formula is C18H21N3O2S. The average molecular weight is 343 g/mol. The van der Waals surface area contributed by atoms with E-state index in [0.29, 0.717) is 17.9 Å². The van der Waals surface area contributed by atoms with Crippen LogP contribution >= 0.6 is 0 Å². The maximum Gasteiger partial charge on any atom is 0.240 e. The lowest BCUT2D eigenvalue weighted by atomic mass is 10.1. The summed E-state index contributed by atoms with van der Waals surface area (Å²) in [7, 11) is -3.46. The third-order valence-electron chi connectivity index (χ3n) is 4.18. The summed E-state index contributed by atoms with van der Waals surface area (Å²) in [6.07, 6.45) is 2.49. The molecule has 1 N–H and O–H groups in total. The molecule has 0 fully saturated rings. The van der Waals surface area contributed by atoms with Crippen LogP contribution < -0.4 is 4.72 Å². The fourth-order valence-electron chi connectivity index (χ4n) is 2.61. The Morgan fingerprint density at radius 1 is 1.08 bits per heavy atom. The zero-order valence-electron chi connectivity index (χ0n) is 13.9. The van der Waals surface area contributed by atoms with Crippen LogP contribution in [0.5, 0.6) is 0 Å². The van der Waals surface area contributed by atoms with Crippen LogP contribution in [-0.4, -0.2) is 24.5 Å². The normalized spacial score (nSPS) is 11.9. The van der Waals surface area contributed by atoms with Gasteiger partial charge in [-0.05, 0) is 55.7 Å². The summed E-state index contributed by atoms with van der Waals surface area (Å²) >= 11 is 0. The van der Waals surface area contributed by atoms with E-state index in [1.54, 1.807) is 18.5 Å². The van der Waals surface area contributed by atoms with Crippen molar-refractivity contribution in [3.05, 3.63) is 59.9 Å². The van der Waals surface area contributed by atoms with Gasteiger partial charge in [-0.1, -0.05) is 18.2 Å². The van der Waals surface area contributed by atoms with Gasteiger partial charge in [0.25, 0.3) is 0 Å². The van der Waals surface area contributed by atoms with Crippen molar-refractivity contribution in [1.82, 2.24) is 14.3 Å². The zero-order chi connectivity index (χ0) is 17.2. The lowest BCUT2D eigenvalue weighted by Crippen LogP contribution is -2.25. The highest BCUT2D eigenvalue weighted by Gasteiger charge is 2.13. The first kappa shape index (κ1) is 16.7. The Hall–Kier alpha value is -2.18. The van der Waals surface area contributed by atoms with E-state index in [1.807, 2.05) is 48.7 Å². The summed E-state index contributed by atoms with van der Waals surface area (Å²) in [6, 6.07) is 13.1. The van der Waals surface area contributed by atoms with Crippen molar-refractivity contribution in [2.45, 2.75) is 31.7 Å². The van der Waals surface area contributed by atoms with E-state index < -0.39 is 10.0 Å². The number of hydrogen-bond acceptors (Lipinski definition) is 3. The van der Waals surface area contributed by atoms with Crippen LogP contribution in [0.3, 0.4) is 0 Å². The topological polar surface area (TPSA) is 64.0 Å². The number of sulfonamides is 1. The number of aromatic nitrogens is 2. The molecule has 0 amide bonds. The van der Waals surface area contributed by atoms with Crippen LogP contribution in [-0.2, 0) is 16.6 Å². The molecule has 0 saturated carbocycles. The molecule has 0 spiro atoms. The van der Waals surface area contributed by atoms with Gasteiger partial charge in [-0.2, -0.15) is 0 Å². The maximum absolute atomic E-state index is 12.3. The summed E-state index contributed by atoms with van der Waals surface area (Å²) in [6.45, 7) is 4.99. The van der Waals surface area contributed by atoms with Crippen molar-refractivity contribution in [1.29, 1.82) is 0 Å². The standard InChI is InChI=1S/C18H21N3O2S/c1-14-8-9-16(12-15(14)2)24(22,23)20-10-5-11-21-13-19-17-6-3-4-7-18(17)21/h3-4,6-9,12-13,20H,5,10-11H2,1-2H3. The number of fused-ring (bicyclic) bond motifs is 1. The molecule has 3 aromatic rings. The van der Waals surface area contributed by atoms with E-state index in [4.69, 9.17) is 0 Å². The van der Waals surface area contributed by atoms with E-state index in [2.05, 4.69) is 9.71 Å². The maximum atomic E-state index is 12.3. The van der Waals surface area contributed by atoms with Gasteiger partial charge in [0.05, 0.1) is 22.3 Å². The minimum atomic E-state index is -3.46. The first-order chi connectivity index (χ1) is 11.5. The lowest BCUT2D eigenvalue weighted by Gasteiger charge is -2.09. The van der Waals surface area contributed by atoms with Crippen molar-refractivity contribution in [3.8, 4) is 0 Å². The molecule has 6 heteroatoms. The van der Waals surface area contributed by atoms with E-state index >= 15 is 0 Å². The molecule has 24 heavy (non-hydrogen) atoms. The second-order valence-corrected chi connectivity index (χ2v) is 7.69. The molecule has 0 atom stereocenters. The van der Waals surface area contributed by atoms with E-state index in [-0.39, 0.29) is 0 Å². The number of benzene rings is 2. The van der Waals surface area contributed by atoms with E-state index in [9.17, 15) is 8.42 Å². The van der Waals surface area contributed by atoms with Crippen LogP contribution in [0.1, 0.15) is 17.5 Å². The van der Waals surface area contributed by atoms with Gasteiger partial charge >= 0.3 is 0 Å². The Morgan fingerprint density at radius 2 is 1.88 bits per heavy atom. The summed E-state index contributed by atoms with van der Waals surface area (Å²) in [5.41, 5.74) is 4.08. The van der Waals surface area contributed by atoms with Gasteiger partial charge in [0.2, 0.25) is 10.0 Å². The van der Waals surface area contributed by atoms with Gasteiger partial charge in [0, 0.05) is 13.1 Å². The fourth-order valence-corrected chi connectivity index (χ4v) is 3.77. The van der Waals surface area contributed by atoms with Gasteiger partial charge in [-0.15, -0.1) is 0 Å². The fraction of sp³-hybridized carbons (Fsp3) is 0.278. The van der Waals surface area contributed by atoms with Gasteiger partial charge in [0.15, 0.2) is 0 Å². The van der Waals surface area contributed by atoms with Crippen LogP contribution in [0, 0.1) is 13.8 Å². The lowest BCUT2D eigenvalue weighted by molar-refractivity contribution is 0.571. The molecular weight excluding hydrogens is 322 g/mol. The SMILES string of the molecule is Cc1ccc(S(=O)(=O)NCCCn2cnc3ccccc32)cc1C. The molecule has 0 aliphatic carbocycles. The number of imidazole rings is 1. The monoisotopic (exact) mass is 343 g/mol. The minimum Gasteiger partial charge on any atom is -0.331 e. The highest BCUT2D eigenvalue weighted by Crippen LogP contribution is 2.15. The number of nitrogens with zero attached hydrogens (tertiary/aromatic N) is 2. The van der Waals surface area contributed by atoms with Crippen LogP contribution in [0.25, 0.3) is 11.0 Å².